The number of carbonyl (C=O) groups excluding carboxylic acids is 1. The molecule has 1 amide bonds. The van der Waals surface area contributed by atoms with Gasteiger partial charge in [-0.05, 0) is 31.2 Å². The maximum absolute atomic E-state index is 13.0. The second-order valence-corrected chi connectivity index (χ2v) is 7.57. The first kappa shape index (κ1) is 14.6. The van der Waals surface area contributed by atoms with Gasteiger partial charge in [0.25, 0.3) is 11.6 Å². The third-order valence-corrected chi connectivity index (χ3v) is 6.88. The summed E-state index contributed by atoms with van der Waals surface area (Å²) < 4.78 is 6.05. The molecule has 0 aromatic heterocycles. The number of rotatable bonds is 3. The molecule has 1 unspecified atom stereocenters. The maximum Gasteiger partial charge on any atom is 0.271 e. The molecule has 1 aromatic rings. The lowest BCUT2D eigenvalue weighted by Crippen LogP contribution is -2.52. The fourth-order valence-corrected chi connectivity index (χ4v) is 5.19. The molecular formula is C17H20N2O4. The van der Waals surface area contributed by atoms with Crippen molar-refractivity contribution in [3.05, 3.63) is 34.4 Å². The minimum absolute atomic E-state index is 0.0309. The van der Waals surface area contributed by atoms with E-state index >= 15 is 0 Å². The summed E-state index contributed by atoms with van der Waals surface area (Å²) in [6.07, 6.45) is 2.90. The van der Waals surface area contributed by atoms with Crippen LogP contribution >= 0.6 is 0 Å². The fraction of sp³-hybridized carbons (Fsp3) is 0.588. The van der Waals surface area contributed by atoms with Gasteiger partial charge in [0.05, 0.1) is 11.5 Å². The Kier molecular flexibility index (Phi) is 2.75. The van der Waals surface area contributed by atoms with Gasteiger partial charge >= 0.3 is 0 Å². The standard InChI is InChI=1S/C17H20N2O4/c1-15-10-23-17(9-11(15)6-7-16(15,17)2)14(20)18-12-4-3-5-13(8-12)19(21)22/h3-5,8,11H,6-7,9-10H2,1-2H3,(H,18,20)/t11?,15-,16+,17-/m1/s1. The number of anilines is 1. The summed E-state index contributed by atoms with van der Waals surface area (Å²) in [6, 6.07) is 6.05. The number of hydrogen-bond donors (Lipinski definition) is 1. The normalized spacial score (nSPS) is 40.3. The molecule has 2 saturated carbocycles. The molecule has 4 atom stereocenters. The number of nitro groups is 1. The number of benzene rings is 1. The van der Waals surface area contributed by atoms with Gasteiger partial charge in [-0.15, -0.1) is 0 Å². The molecule has 0 spiro atoms. The Hall–Kier alpha value is -1.95. The van der Waals surface area contributed by atoms with Crippen molar-refractivity contribution in [1.82, 2.24) is 0 Å². The lowest BCUT2D eigenvalue weighted by atomic mass is 9.66. The minimum atomic E-state index is -0.796. The third kappa shape index (κ3) is 1.59. The Balaban J connectivity index is 1.64. The van der Waals surface area contributed by atoms with Crippen molar-refractivity contribution in [3.8, 4) is 0 Å². The van der Waals surface area contributed by atoms with E-state index < -0.39 is 10.5 Å². The van der Waals surface area contributed by atoms with Crippen LogP contribution in [0.25, 0.3) is 0 Å². The van der Waals surface area contributed by atoms with Gasteiger partial charge in [-0.1, -0.05) is 19.9 Å². The van der Waals surface area contributed by atoms with E-state index in [0.717, 1.165) is 19.3 Å². The smallest absolute Gasteiger partial charge is 0.271 e. The summed E-state index contributed by atoms with van der Waals surface area (Å²) in [4.78, 5) is 23.4. The average molecular weight is 316 g/mol. The first-order valence-electron chi connectivity index (χ1n) is 8.02. The molecule has 6 nitrogen and oxygen atoms in total. The number of nitro benzene ring substituents is 1. The SMILES string of the molecule is C[C@@]12CCC3C[C@]1(C(=O)Nc1cccc([N+](=O)[O-])c1)OC[C@]32C. The molecule has 4 bridgehead atoms. The van der Waals surface area contributed by atoms with E-state index in [1.807, 2.05) is 0 Å². The van der Waals surface area contributed by atoms with E-state index in [1.54, 1.807) is 12.1 Å². The summed E-state index contributed by atoms with van der Waals surface area (Å²) in [7, 11) is 0. The monoisotopic (exact) mass is 316 g/mol. The van der Waals surface area contributed by atoms with Crippen LogP contribution in [0.5, 0.6) is 0 Å². The molecule has 1 N–H and O–H groups in total. The van der Waals surface area contributed by atoms with Crippen LogP contribution in [0.15, 0.2) is 24.3 Å². The van der Waals surface area contributed by atoms with Crippen LogP contribution in [-0.2, 0) is 9.53 Å². The Morgan fingerprint density at radius 2 is 2.22 bits per heavy atom. The van der Waals surface area contributed by atoms with Crippen molar-refractivity contribution in [2.75, 3.05) is 11.9 Å². The predicted molar refractivity (Wildman–Crippen MR) is 84.0 cm³/mol. The summed E-state index contributed by atoms with van der Waals surface area (Å²) in [5.41, 5.74) is -0.476. The number of hydrogen-bond acceptors (Lipinski definition) is 4. The topological polar surface area (TPSA) is 81.5 Å². The van der Waals surface area contributed by atoms with E-state index in [4.69, 9.17) is 4.74 Å². The summed E-state index contributed by atoms with van der Waals surface area (Å²) in [6.45, 7) is 5.02. The first-order valence-corrected chi connectivity index (χ1v) is 8.02. The molecular weight excluding hydrogens is 296 g/mol. The number of ether oxygens (including phenoxy) is 1. The van der Waals surface area contributed by atoms with E-state index in [1.165, 1.54) is 12.1 Å². The van der Waals surface area contributed by atoms with Crippen molar-refractivity contribution in [1.29, 1.82) is 0 Å². The van der Waals surface area contributed by atoms with Crippen molar-refractivity contribution in [2.45, 2.75) is 38.7 Å². The van der Waals surface area contributed by atoms with Gasteiger partial charge in [-0.2, -0.15) is 0 Å². The highest BCUT2D eigenvalue weighted by Gasteiger charge is 2.78. The van der Waals surface area contributed by atoms with Gasteiger partial charge in [0, 0.05) is 28.7 Å². The van der Waals surface area contributed by atoms with Crippen LogP contribution in [0.2, 0.25) is 0 Å². The van der Waals surface area contributed by atoms with E-state index in [9.17, 15) is 14.9 Å². The fourth-order valence-electron chi connectivity index (χ4n) is 5.19. The second-order valence-electron chi connectivity index (χ2n) is 7.57. The quantitative estimate of drug-likeness (QED) is 0.686. The van der Waals surface area contributed by atoms with Gasteiger partial charge in [0.1, 0.15) is 0 Å². The zero-order chi connectivity index (χ0) is 16.5. The molecule has 2 aliphatic carbocycles. The number of carbonyl (C=O) groups is 1. The maximum atomic E-state index is 13.0. The molecule has 1 saturated heterocycles. The van der Waals surface area contributed by atoms with Crippen molar-refractivity contribution in [3.63, 3.8) is 0 Å². The molecule has 1 heterocycles. The molecule has 3 fully saturated rings. The van der Waals surface area contributed by atoms with Crippen LogP contribution in [0.3, 0.4) is 0 Å². The summed E-state index contributed by atoms with van der Waals surface area (Å²) in [5, 5.41) is 13.7. The number of non-ortho nitro benzene ring substituents is 1. The Labute approximate surface area is 134 Å². The summed E-state index contributed by atoms with van der Waals surface area (Å²) >= 11 is 0. The molecule has 0 radical (unpaired) electrons. The molecule has 1 aromatic carbocycles. The summed E-state index contributed by atoms with van der Waals surface area (Å²) in [5.74, 6) is 0.364. The number of amides is 1. The van der Waals surface area contributed by atoms with Crippen molar-refractivity contribution in [2.24, 2.45) is 16.7 Å². The molecule has 122 valence electrons. The molecule has 3 aliphatic rings. The molecule has 6 heteroatoms. The highest BCUT2D eigenvalue weighted by atomic mass is 16.6. The van der Waals surface area contributed by atoms with E-state index in [0.29, 0.717) is 18.2 Å². The zero-order valence-corrected chi connectivity index (χ0v) is 13.3. The van der Waals surface area contributed by atoms with Gasteiger partial charge in [0.15, 0.2) is 5.60 Å². The van der Waals surface area contributed by atoms with Gasteiger partial charge in [-0.3, -0.25) is 14.9 Å². The van der Waals surface area contributed by atoms with Crippen LogP contribution in [0.1, 0.15) is 33.1 Å². The van der Waals surface area contributed by atoms with Gasteiger partial charge in [0.2, 0.25) is 0 Å². The Morgan fingerprint density at radius 1 is 1.43 bits per heavy atom. The lowest BCUT2D eigenvalue weighted by molar-refractivity contribution is -0.384. The van der Waals surface area contributed by atoms with Crippen molar-refractivity contribution >= 4 is 17.3 Å². The minimum Gasteiger partial charge on any atom is -0.364 e. The Morgan fingerprint density at radius 3 is 2.87 bits per heavy atom. The Bertz CT molecular complexity index is 720. The van der Waals surface area contributed by atoms with Gasteiger partial charge in [-0.25, -0.2) is 0 Å². The molecule has 1 aliphatic heterocycles. The number of nitrogens with zero attached hydrogens (tertiary/aromatic N) is 1. The largest absolute Gasteiger partial charge is 0.364 e. The zero-order valence-electron chi connectivity index (χ0n) is 13.3. The van der Waals surface area contributed by atoms with E-state index in [-0.39, 0.29) is 22.4 Å². The predicted octanol–water partition coefficient (Wildman–Crippen LogP) is 3.13. The van der Waals surface area contributed by atoms with Crippen LogP contribution < -0.4 is 5.32 Å². The van der Waals surface area contributed by atoms with Gasteiger partial charge < -0.3 is 10.1 Å². The third-order valence-electron chi connectivity index (χ3n) is 6.88. The highest BCUT2D eigenvalue weighted by Crippen LogP contribution is 2.75. The first-order chi connectivity index (χ1) is 10.8. The highest BCUT2D eigenvalue weighted by molar-refractivity contribution is 5.99. The lowest BCUT2D eigenvalue weighted by Gasteiger charge is -2.39. The average Bonchev–Trinajstić information content (AvgIpc) is 2.99. The molecule has 23 heavy (non-hydrogen) atoms. The van der Waals surface area contributed by atoms with Crippen LogP contribution in [0, 0.1) is 26.9 Å². The van der Waals surface area contributed by atoms with E-state index in [2.05, 4.69) is 19.2 Å². The van der Waals surface area contributed by atoms with Crippen LogP contribution in [-0.4, -0.2) is 23.0 Å². The number of nitrogens with one attached hydrogen (secondary N) is 1. The second kappa shape index (κ2) is 4.32. The van der Waals surface area contributed by atoms with Crippen LogP contribution in [0.4, 0.5) is 11.4 Å². The van der Waals surface area contributed by atoms with Crippen molar-refractivity contribution < 1.29 is 14.5 Å². The molecule has 4 rings (SSSR count).